The summed E-state index contributed by atoms with van der Waals surface area (Å²) in [5, 5.41) is 15.3. The van der Waals surface area contributed by atoms with Gasteiger partial charge in [-0.15, -0.1) is 0 Å². The van der Waals surface area contributed by atoms with E-state index in [0.29, 0.717) is 0 Å². The van der Waals surface area contributed by atoms with Gasteiger partial charge < -0.3 is 5.11 Å². The van der Waals surface area contributed by atoms with Crippen molar-refractivity contribution in [3.8, 4) is 22.7 Å². The van der Waals surface area contributed by atoms with Crippen molar-refractivity contribution in [3.63, 3.8) is 0 Å². The van der Waals surface area contributed by atoms with Gasteiger partial charge in [0.25, 0.3) is 0 Å². The van der Waals surface area contributed by atoms with Gasteiger partial charge in [-0.05, 0) is 31.0 Å². The maximum atomic E-state index is 10.7. The zero-order valence-corrected chi connectivity index (χ0v) is 13.0. The number of hydrogen-bond acceptors (Lipinski definition) is 2. The van der Waals surface area contributed by atoms with E-state index >= 15 is 0 Å². The molecule has 112 valence electrons. The van der Waals surface area contributed by atoms with Crippen molar-refractivity contribution in [2.24, 2.45) is 0 Å². The van der Waals surface area contributed by atoms with Gasteiger partial charge in [-0.2, -0.15) is 5.10 Å². The van der Waals surface area contributed by atoms with Crippen LogP contribution in [0.4, 0.5) is 0 Å². The Morgan fingerprint density at radius 1 is 1.00 bits per heavy atom. The first-order valence-electron chi connectivity index (χ1n) is 7.64. The van der Waals surface area contributed by atoms with E-state index in [1.165, 1.54) is 5.56 Å². The van der Waals surface area contributed by atoms with Gasteiger partial charge in [0.15, 0.2) is 0 Å². The van der Waals surface area contributed by atoms with Gasteiger partial charge in [-0.25, -0.2) is 4.68 Å². The van der Waals surface area contributed by atoms with Gasteiger partial charge >= 0.3 is 0 Å². The summed E-state index contributed by atoms with van der Waals surface area (Å²) in [4.78, 5) is 0. The number of para-hydroxylation sites is 1. The third-order valence-electron chi connectivity index (χ3n) is 3.76. The van der Waals surface area contributed by atoms with Crippen molar-refractivity contribution in [1.82, 2.24) is 9.78 Å². The highest BCUT2D eigenvalue weighted by Crippen LogP contribution is 2.35. The Hall–Kier alpha value is -2.55. The summed E-state index contributed by atoms with van der Waals surface area (Å²) in [6.45, 7) is 4.18. The van der Waals surface area contributed by atoms with E-state index in [1.807, 2.05) is 42.5 Å². The molecule has 1 aromatic heterocycles. The molecule has 0 aliphatic heterocycles. The van der Waals surface area contributed by atoms with Crippen LogP contribution in [0.25, 0.3) is 16.8 Å². The predicted molar refractivity (Wildman–Crippen MR) is 89.4 cm³/mol. The molecule has 0 unspecified atom stereocenters. The zero-order valence-electron chi connectivity index (χ0n) is 13.0. The number of hydrogen-bond donors (Lipinski definition) is 1. The monoisotopic (exact) mass is 292 g/mol. The average Bonchev–Trinajstić information content (AvgIpc) is 2.86. The second-order valence-corrected chi connectivity index (χ2v) is 5.51. The topological polar surface area (TPSA) is 38.0 Å². The molecule has 0 spiro atoms. The lowest BCUT2D eigenvalue weighted by molar-refractivity contribution is 0.435. The van der Waals surface area contributed by atoms with E-state index in [-0.39, 0.29) is 5.88 Å². The van der Waals surface area contributed by atoms with Crippen molar-refractivity contribution in [1.29, 1.82) is 0 Å². The standard InChI is InChI=1S/C19H20N2O/c1-3-7-17-18(15-12-10-14(2)11-13-15)19(22)21(20-17)16-8-5-4-6-9-16/h4-6,8-13,22H,3,7H2,1-2H3. The molecule has 3 nitrogen and oxygen atoms in total. The quantitative estimate of drug-likeness (QED) is 0.768. The average molecular weight is 292 g/mol. The van der Waals surface area contributed by atoms with Gasteiger partial charge in [0.2, 0.25) is 5.88 Å². The molecule has 0 amide bonds. The summed E-state index contributed by atoms with van der Waals surface area (Å²) in [6.07, 6.45) is 1.83. The molecule has 1 N–H and O–H groups in total. The molecule has 0 aliphatic rings. The van der Waals surface area contributed by atoms with Crippen molar-refractivity contribution in [2.75, 3.05) is 0 Å². The summed E-state index contributed by atoms with van der Waals surface area (Å²) in [5.41, 5.74) is 4.86. The first-order valence-corrected chi connectivity index (χ1v) is 7.64. The number of aryl methyl sites for hydroxylation is 2. The Bertz CT molecular complexity index is 758. The number of aromatic nitrogens is 2. The molecule has 22 heavy (non-hydrogen) atoms. The highest BCUT2D eigenvalue weighted by atomic mass is 16.3. The van der Waals surface area contributed by atoms with Gasteiger partial charge in [0.05, 0.1) is 16.9 Å². The third kappa shape index (κ3) is 2.62. The minimum atomic E-state index is 0.207. The second-order valence-electron chi connectivity index (χ2n) is 5.51. The Balaban J connectivity index is 2.16. The van der Waals surface area contributed by atoms with Crippen LogP contribution in [0.15, 0.2) is 54.6 Å². The van der Waals surface area contributed by atoms with Crippen LogP contribution >= 0.6 is 0 Å². The number of aromatic hydroxyl groups is 1. The van der Waals surface area contributed by atoms with Crippen molar-refractivity contribution in [3.05, 3.63) is 65.9 Å². The Morgan fingerprint density at radius 2 is 1.68 bits per heavy atom. The van der Waals surface area contributed by atoms with Crippen LogP contribution in [0.2, 0.25) is 0 Å². The Kier molecular flexibility index (Phi) is 3.96. The molecule has 3 rings (SSSR count). The number of nitrogens with zero attached hydrogens (tertiary/aromatic N) is 2. The SMILES string of the molecule is CCCc1nn(-c2ccccc2)c(O)c1-c1ccc(C)cc1. The fraction of sp³-hybridized carbons (Fsp3) is 0.211. The van der Waals surface area contributed by atoms with E-state index in [9.17, 15) is 5.11 Å². The maximum absolute atomic E-state index is 10.7. The lowest BCUT2D eigenvalue weighted by Crippen LogP contribution is -1.96. The van der Waals surface area contributed by atoms with Gasteiger partial charge in [-0.1, -0.05) is 61.4 Å². The summed E-state index contributed by atoms with van der Waals surface area (Å²) in [7, 11) is 0. The van der Waals surface area contributed by atoms with Crippen LogP contribution in [0.5, 0.6) is 5.88 Å². The van der Waals surface area contributed by atoms with E-state index in [0.717, 1.165) is 35.3 Å². The normalized spacial score (nSPS) is 10.8. The van der Waals surface area contributed by atoms with Crippen LogP contribution in [0.1, 0.15) is 24.6 Å². The molecule has 0 saturated carbocycles. The van der Waals surface area contributed by atoms with Crippen LogP contribution in [0.3, 0.4) is 0 Å². The Morgan fingerprint density at radius 3 is 2.32 bits per heavy atom. The van der Waals surface area contributed by atoms with Crippen LogP contribution in [-0.4, -0.2) is 14.9 Å². The number of benzene rings is 2. The predicted octanol–water partition coefficient (Wildman–Crippen LogP) is 4.51. The van der Waals surface area contributed by atoms with E-state index in [2.05, 4.69) is 31.1 Å². The minimum absolute atomic E-state index is 0.207. The molecule has 0 radical (unpaired) electrons. The van der Waals surface area contributed by atoms with Gasteiger partial charge in [-0.3, -0.25) is 0 Å². The first kappa shape index (κ1) is 14.4. The molecule has 1 heterocycles. The minimum Gasteiger partial charge on any atom is -0.493 e. The molecular formula is C19H20N2O. The lowest BCUT2D eigenvalue weighted by Gasteiger charge is -2.04. The molecule has 0 fully saturated rings. The van der Waals surface area contributed by atoms with E-state index in [4.69, 9.17) is 0 Å². The smallest absolute Gasteiger partial charge is 0.222 e. The van der Waals surface area contributed by atoms with Crippen molar-refractivity contribution < 1.29 is 5.11 Å². The second kappa shape index (κ2) is 6.06. The molecule has 0 aliphatic carbocycles. The molecular weight excluding hydrogens is 272 g/mol. The summed E-state index contributed by atoms with van der Waals surface area (Å²) >= 11 is 0. The largest absolute Gasteiger partial charge is 0.493 e. The van der Waals surface area contributed by atoms with E-state index < -0.39 is 0 Å². The first-order chi connectivity index (χ1) is 10.7. The number of rotatable bonds is 4. The lowest BCUT2D eigenvalue weighted by atomic mass is 10.0. The summed E-state index contributed by atoms with van der Waals surface area (Å²) < 4.78 is 1.63. The van der Waals surface area contributed by atoms with Crippen molar-refractivity contribution in [2.45, 2.75) is 26.7 Å². The van der Waals surface area contributed by atoms with Crippen molar-refractivity contribution >= 4 is 0 Å². The molecule has 2 aromatic carbocycles. The maximum Gasteiger partial charge on any atom is 0.222 e. The van der Waals surface area contributed by atoms with Crippen LogP contribution in [0, 0.1) is 6.92 Å². The summed E-state index contributed by atoms with van der Waals surface area (Å²) in [5.74, 6) is 0.207. The molecule has 3 heteroatoms. The molecule has 3 aromatic rings. The van der Waals surface area contributed by atoms with E-state index in [1.54, 1.807) is 4.68 Å². The van der Waals surface area contributed by atoms with Crippen LogP contribution in [-0.2, 0) is 6.42 Å². The fourth-order valence-corrected chi connectivity index (χ4v) is 2.63. The third-order valence-corrected chi connectivity index (χ3v) is 3.76. The zero-order chi connectivity index (χ0) is 15.5. The molecule has 0 atom stereocenters. The fourth-order valence-electron chi connectivity index (χ4n) is 2.63. The molecule has 0 bridgehead atoms. The van der Waals surface area contributed by atoms with Crippen LogP contribution < -0.4 is 0 Å². The Labute approximate surface area is 130 Å². The highest BCUT2D eigenvalue weighted by molar-refractivity contribution is 5.72. The highest BCUT2D eigenvalue weighted by Gasteiger charge is 2.19. The summed E-state index contributed by atoms with van der Waals surface area (Å²) in [6, 6.07) is 17.9. The molecule has 0 saturated heterocycles. The van der Waals surface area contributed by atoms with Gasteiger partial charge in [0.1, 0.15) is 0 Å². The van der Waals surface area contributed by atoms with Gasteiger partial charge in [0, 0.05) is 0 Å².